The molecule has 5 rings (SSSR count). The van der Waals surface area contributed by atoms with Crippen LogP contribution in [0, 0.1) is 5.82 Å². The van der Waals surface area contributed by atoms with Crippen LogP contribution in [0.5, 0.6) is 0 Å². The lowest BCUT2D eigenvalue weighted by Crippen LogP contribution is -2.49. The summed E-state index contributed by atoms with van der Waals surface area (Å²) in [6, 6.07) is 15.4. The topological polar surface area (TPSA) is 62.9 Å². The van der Waals surface area contributed by atoms with Gasteiger partial charge in [0.25, 0.3) is 5.56 Å². The standard InChI is InChI=1S/C25H23ClFN5O2/c26-20-3-1-2-4-22(20)29-11-13-30(14-12-29)24(33)9-10-31-15-16-32-23(25(31)34)17-21(28-32)18-5-7-19(27)8-6-18/h1-8,15-17H,9-14H2. The van der Waals surface area contributed by atoms with Crippen molar-refractivity contribution in [2.75, 3.05) is 31.1 Å². The fraction of sp³-hybridized carbons (Fsp3) is 0.240. The Hall–Kier alpha value is -3.65. The Kier molecular flexibility index (Phi) is 6.06. The van der Waals surface area contributed by atoms with Crippen molar-refractivity contribution in [3.05, 3.63) is 88.2 Å². The van der Waals surface area contributed by atoms with E-state index in [-0.39, 0.29) is 30.2 Å². The maximum atomic E-state index is 13.2. The van der Waals surface area contributed by atoms with Gasteiger partial charge < -0.3 is 14.4 Å². The highest BCUT2D eigenvalue weighted by atomic mass is 35.5. The zero-order chi connectivity index (χ0) is 23.7. The van der Waals surface area contributed by atoms with Crippen LogP contribution >= 0.6 is 11.6 Å². The van der Waals surface area contributed by atoms with Crippen molar-refractivity contribution in [3.63, 3.8) is 0 Å². The summed E-state index contributed by atoms with van der Waals surface area (Å²) < 4.78 is 16.2. The van der Waals surface area contributed by atoms with Crippen LogP contribution in [0.15, 0.2) is 71.8 Å². The predicted octanol–water partition coefficient (Wildman–Crippen LogP) is 3.69. The SMILES string of the molecule is O=C(CCn1ccn2nc(-c3ccc(F)cc3)cc2c1=O)N1CCN(c2ccccc2Cl)CC1. The Labute approximate surface area is 200 Å². The number of carbonyl (C=O) groups excluding carboxylic acids is 1. The fourth-order valence-corrected chi connectivity index (χ4v) is 4.50. The first-order valence-corrected chi connectivity index (χ1v) is 11.5. The van der Waals surface area contributed by atoms with Crippen molar-refractivity contribution in [3.8, 4) is 11.3 Å². The Morgan fingerprint density at radius 3 is 2.47 bits per heavy atom. The summed E-state index contributed by atoms with van der Waals surface area (Å²) in [4.78, 5) is 29.8. The molecule has 0 saturated carbocycles. The maximum absolute atomic E-state index is 13.2. The van der Waals surface area contributed by atoms with Crippen molar-refractivity contribution >= 4 is 28.7 Å². The largest absolute Gasteiger partial charge is 0.367 e. The van der Waals surface area contributed by atoms with Gasteiger partial charge in [-0.1, -0.05) is 23.7 Å². The molecule has 1 amide bonds. The van der Waals surface area contributed by atoms with E-state index in [1.165, 1.54) is 21.2 Å². The van der Waals surface area contributed by atoms with Crippen LogP contribution in [0.2, 0.25) is 5.02 Å². The van der Waals surface area contributed by atoms with Crippen LogP contribution in [0.25, 0.3) is 16.8 Å². The Morgan fingerprint density at radius 2 is 1.74 bits per heavy atom. The second kappa shape index (κ2) is 9.30. The monoisotopic (exact) mass is 479 g/mol. The number of carbonyl (C=O) groups is 1. The van der Waals surface area contributed by atoms with Crippen molar-refractivity contribution in [1.29, 1.82) is 0 Å². The number of piperazine rings is 1. The second-order valence-electron chi connectivity index (χ2n) is 8.23. The first-order valence-electron chi connectivity index (χ1n) is 11.1. The highest BCUT2D eigenvalue weighted by Crippen LogP contribution is 2.26. The van der Waals surface area contributed by atoms with Gasteiger partial charge in [-0.2, -0.15) is 5.10 Å². The van der Waals surface area contributed by atoms with Crippen LogP contribution in [0.1, 0.15) is 6.42 Å². The number of amides is 1. The molecule has 2 aromatic heterocycles. The Bertz CT molecular complexity index is 1390. The second-order valence-corrected chi connectivity index (χ2v) is 8.64. The van der Waals surface area contributed by atoms with Crippen LogP contribution in [-0.4, -0.2) is 51.2 Å². The number of halogens is 2. The highest BCUT2D eigenvalue weighted by Gasteiger charge is 2.22. The summed E-state index contributed by atoms with van der Waals surface area (Å²) >= 11 is 6.30. The third kappa shape index (κ3) is 4.41. The summed E-state index contributed by atoms with van der Waals surface area (Å²) in [5.41, 5.74) is 2.48. The molecule has 0 bridgehead atoms. The van der Waals surface area contributed by atoms with E-state index < -0.39 is 0 Å². The van der Waals surface area contributed by atoms with Gasteiger partial charge in [-0.3, -0.25) is 9.59 Å². The number of rotatable bonds is 5. The zero-order valence-electron chi connectivity index (χ0n) is 18.4. The van der Waals surface area contributed by atoms with Crippen LogP contribution < -0.4 is 10.5 Å². The Balaban J connectivity index is 1.23. The number of para-hydroxylation sites is 1. The van der Waals surface area contributed by atoms with Crippen molar-refractivity contribution in [2.45, 2.75) is 13.0 Å². The molecule has 4 aromatic rings. The van der Waals surface area contributed by atoms with Gasteiger partial charge in [0.1, 0.15) is 11.3 Å². The molecule has 1 saturated heterocycles. The van der Waals surface area contributed by atoms with Crippen molar-refractivity contribution in [1.82, 2.24) is 19.1 Å². The van der Waals surface area contributed by atoms with Gasteiger partial charge in [0.05, 0.1) is 16.4 Å². The summed E-state index contributed by atoms with van der Waals surface area (Å²) in [5.74, 6) is -0.309. The predicted molar refractivity (Wildman–Crippen MR) is 130 cm³/mol. The molecule has 0 aliphatic carbocycles. The van der Waals surface area contributed by atoms with Gasteiger partial charge in [-0.05, 0) is 42.5 Å². The molecule has 1 fully saturated rings. The molecule has 2 aromatic carbocycles. The molecule has 7 nitrogen and oxygen atoms in total. The fourth-order valence-electron chi connectivity index (χ4n) is 4.24. The summed E-state index contributed by atoms with van der Waals surface area (Å²) in [7, 11) is 0. The van der Waals surface area contributed by atoms with E-state index in [0.717, 1.165) is 11.3 Å². The van der Waals surface area contributed by atoms with E-state index in [1.54, 1.807) is 30.6 Å². The minimum absolute atomic E-state index is 0.0195. The minimum atomic E-state index is -0.329. The van der Waals surface area contributed by atoms with Gasteiger partial charge in [0.2, 0.25) is 5.91 Å². The molecule has 1 aliphatic rings. The molecule has 3 heterocycles. The van der Waals surface area contributed by atoms with E-state index in [1.807, 2.05) is 29.2 Å². The van der Waals surface area contributed by atoms with E-state index in [4.69, 9.17) is 11.6 Å². The number of hydrogen-bond donors (Lipinski definition) is 0. The first kappa shape index (κ1) is 22.2. The average molecular weight is 480 g/mol. The molecule has 0 N–H and O–H groups in total. The van der Waals surface area contributed by atoms with Crippen LogP contribution in [0.3, 0.4) is 0 Å². The quantitative estimate of drug-likeness (QED) is 0.438. The van der Waals surface area contributed by atoms with Crippen molar-refractivity contribution in [2.24, 2.45) is 0 Å². The third-order valence-electron chi connectivity index (χ3n) is 6.14. The number of fused-ring (bicyclic) bond motifs is 1. The number of nitrogens with zero attached hydrogens (tertiary/aromatic N) is 5. The highest BCUT2D eigenvalue weighted by molar-refractivity contribution is 6.33. The molecular weight excluding hydrogens is 457 g/mol. The van der Waals surface area contributed by atoms with Crippen LogP contribution in [0.4, 0.5) is 10.1 Å². The molecule has 9 heteroatoms. The van der Waals surface area contributed by atoms with Gasteiger partial charge in [-0.25, -0.2) is 8.91 Å². The third-order valence-corrected chi connectivity index (χ3v) is 6.46. The molecule has 0 unspecified atom stereocenters. The lowest BCUT2D eigenvalue weighted by molar-refractivity contribution is -0.131. The van der Waals surface area contributed by atoms with E-state index in [0.29, 0.717) is 42.4 Å². The normalized spacial score (nSPS) is 14.1. The summed E-state index contributed by atoms with van der Waals surface area (Å²) in [6.07, 6.45) is 3.57. The first-order chi connectivity index (χ1) is 16.5. The zero-order valence-corrected chi connectivity index (χ0v) is 19.2. The average Bonchev–Trinajstić information content (AvgIpc) is 3.30. The van der Waals surface area contributed by atoms with Gasteiger partial charge in [0, 0.05) is 57.1 Å². The van der Waals surface area contributed by atoms with Gasteiger partial charge in [0.15, 0.2) is 0 Å². The lowest BCUT2D eigenvalue weighted by atomic mass is 10.1. The summed E-state index contributed by atoms with van der Waals surface area (Å²) in [5, 5.41) is 5.12. The maximum Gasteiger partial charge on any atom is 0.276 e. The molecule has 0 radical (unpaired) electrons. The number of anilines is 1. The van der Waals surface area contributed by atoms with E-state index in [9.17, 15) is 14.0 Å². The lowest BCUT2D eigenvalue weighted by Gasteiger charge is -2.36. The van der Waals surface area contributed by atoms with Crippen molar-refractivity contribution < 1.29 is 9.18 Å². The number of hydrogen-bond acceptors (Lipinski definition) is 4. The van der Waals surface area contributed by atoms with E-state index >= 15 is 0 Å². The molecule has 0 atom stereocenters. The number of aromatic nitrogens is 3. The van der Waals surface area contributed by atoms with Crippen LogP contribution in [-0.2, 0) is 11.3 Å². The summed E-state index contributed by atoms with van der Waals surface area (Å²) in [6.45, 7) is 2.94. The molecule has 1 aliphatic heterocycles. The molecule has 34 heavy (non-hydrogen) atoms. The molecular formula is C25H23ClFN5O2. The van der Waals surface area contributed by atoms with E-state index in [2.05, 4.69) is 10.00 Å². The molecule has 174 valence electrons. The smallest absolute Gasteiger partial charge is 0.276 e. The Morgan fingerprint density at radius 1 is 1.00 bits per heavy atom. The minimum Gasteiger partial charge on any atom is -0.367 e. The van der Waals surface area contributed by atoms with Gasteiger partial charge in [-0.15, -0.1) is 0 Å². The molecule has 0 spiro atoms. The number of benzene rings is 2. The van der Waals surface area contributed by atoms with Gasteiger partial charge >= 0.3 is 0 Å². The number of aryl methyl sites for hydroxylation is 1.